The predicted octanol–water partition coefficient (Wildman–Crippen LogP) is -0.903. The van der Waals surface area contributed by atoms with E-state index in [1.807, 2.05) is 0 Å². The van der Waals surface area contributed by atoms with Crippen molar-refractivity contribution in [2.75, 3.05) is 5.75 Å². The minimum Gasteiger partial charge on any atom is -0.772 e. The minimum absolute atomic E-state index is 0. The van der Waals surface area contributed by atoms with E-state index < -0.39 is 11.1 Å². The summed E-state index contributed by atoms with van der Waals surface area (Å²) >= 11 is -1.83. The number of rotatable bonds is 13. The van der Waals surface area contributed by atoms with E-state index in [0.29, 0.717) is 5.75 Å². The second kappa shape index (κ2) is 29.1. The van der Waals surface area contributed by atoms with Gasteiger partial charge in [-0.05, 0) is 6.42 Å². The molecule has 21 heavy (non-hydrogen) atoms. The molecule has 0 bridgehead atoms. The smallest absolute Gasteiger partial charge is 0.772 e. The summed E-state index contributed by atoms with van der Waals surface area (Å²) < 4.78 is 20.6. The van der Waals surface area contributed by atoms with E-state index >= 15 is 0 Å². The van der Waals surface area contributed by atoms with Crippen LogP contribution in [-0.2, 0) is 11.1 Å². The maximum Gasteiger partial charge on any atom is 1.00 e. The van der Waals surface area contributed by atoms with Crippen LogP contribution in [0.3, 0.4) is 0 Å². The molecular weight excluding hydrogens is 303 g/mol. The van der Waals surface area contributed by atoms with Crippen LogP contribution in [0.15, 0.2) is 0 Å². The summed E-state index contributed by atoms with van der Waals surface area (Å²) in [6.07, 6.45) is 15.4. The fourth-order valence-corrected chi connectivity index (χ4v) is 2.50. The normalized spacial score (nSPS) is 10.4. The van der Waals surface area contributed by atoms with Gasteiger partial charge in [0.25, 0.3) is 0 Å². The molecule has 0 heterocycles. The van der Waals surface area contributed by atoms with Gasteiger partial charge in [-0.1, -0.05) is 88.6 Å². The average Bonchev–Trinajstić information content (AvgIpc) is 2.30. The molecule has 1 atom stereocenters. The maximum absolute atomic E-state index is 10.3. The summed E-state index contributed by atoms with van der Waals surface area (Å²) in [6, 6.07) is 0. The Morgan fingerprint density at radius 2 is 0.952 bits per heavy atom. The third-order valence-corrected chi connectivity index (χ3v) is 3.79. The van der Waals surface area contributed by atoms with Gasteiger partial charge in [-0.15, -0.1) is 0 Å². The Labute approximate surface area is 155 Å². The first-order chi connectivity index (χ1) is 8.27. The van der Waals surface area contributed by atoms with Crippen molar-refractivity contribution in [1.29, 1.82) is 0 Å². The Balaban J connectivity index is -0.000000213. The second-order valence-electron chi connectivity index (χ2n) is 4.90. The second-order valence-corrected chi connectivity index (χ2v) is 5.91. The van der Waals surface area contributed by atoms with Crippen LogP contribution in [0.5, 0.6) is 0 Å². The Morgan fingerprint density at radius 3 is 1.24 bits per heavy atom. The van der Waals surface area contributed by atoms with Crippen molar-refractivity contribution in [3.05, 3.63) is 0 Å². The van der Waals surface area contributed by atoms with Crippen LogP contribution in [0.2, 0.25) is 0 Å². The summed E-state index contributed by atoms with van der Waals surface area (Å²) in [6.45, 7) is 2.25. The maximum atomic E-state index is 10.3. The molecule has 5 nitrogen and oxygen atoms in total. The Kier molecular flexibility index (Phi) is 46.4. The van der Waals surface area contributed by atoms with Crippen molar-refractivity contribution in [2.24, 2.45) is 0 Å². The van der Waals surface area contributed by atoms with E-state index in [2.05, 4.69) is 6.92 Å². The van der Waals surface area contributed by atoms with Gasteiger partial charge in [0.2, 0.25) is 0 Å². The molecule has 0 radical (unpaired) electrons. The third kappa shape index (κ3) is 33.7. The first kappa shape index (κ1) is 33.6. The molecular formula is C14H35NaO5S. The first-order valence-corrected chi connectivity index (χ1v) is 8.57. The number of unbranched alkanes of at least 4 members (excludes halogenated alkanes) is 11. The summed E-state index contributed by atoms with van der Waals surface area (Å²) in [5.41, 5.74) is 0. The van der Waals surface area contributed by atoms with E-state index in [4.69, 9.17) is 0 Å². The number of hydrogen-bond donors (Lipinski definition) is 0. The van der Waals surface area contributed by atoms with E-state index in [1.54, 1.807) is 0 Å². The van der Waals surface area contributed by atoms with Gasteiger partial charge < -0.3 is 21.0 Å². The van der Waals surface area contributed by atoms with Gasteiger partial charge in [0.15, 0.2) is 0 Å². The summed E-state index contributed by atoms with van der Waals surface area (Å²) in [5.74, 6) is 0.345. The third-order valence-electron chi connectivity index (χ3n) is 3.16. The Morgan fingerprint density at radius 1 is 0.667 bits per heavy atom. The molecule has 0 aromatic rings. The van der Waals surface area contributed by atoms with Crippen LogP contribution < -0.4 is 29.6 Å². The van der Waals surface area contributed by atoms with E-state index in [1.165, 1.54) is 64.2 Å². The fraction of sp³-hybridized carbons (Fsp3) is 1.00. The molecule has 0 fully saturated rings. The zero-order valence-corrected chi connectivity index (χ0v) is 16.7. The predicted molar refractivity (Wildman–Crippen MR) is 85.7 cm³/mol. The van der Waals surface area contributed by atoms with Gasteiger partial charge in [0, 0.05) is 5.75 Å². The van der Waals surface area contributed by atoms with Gasteiger partial charge in [-0.3, -0.25) is 4.21 Å². The van der Waals surface area contributed by atoms with E-state index in [-0.39, 0.29) is 46.0 Å². The number of hydrogen-bond acceptors (Lipinski definition) is 2. The largest absolute Gasteiger partial charge is 1.00 e. The molecule has 6 N–H and O–H groups in total. The van der Waals surface area contributed by atoms with Gasteiger partial charge in [0.05, 0.1) is 0 Å². The molecule has 0 aliphatic heterocycles. The van der Waals surface area contributed by atoms with Gasteiger partial charge in [-0.2, -0.15) is 0 Å². The monoisotopic (exact) mass is 338 g/mol. The summed E-state index contributed by atoms with van der Waals surface area (Å²) in [4.78, 5) is 0. The Bertz CT molecular complexity index is 185. The van der Waals surface area contributed by atoms with Crippen LogP contribution in [-0.4, -0.2) is 30.9 Å². The minimum atomic E-state index is -1.83. The molecule has 7 heteroatoms. The zero-order valence-electron chi connectivity index (χ0n) is 13.9. The fourth-order valence-electron chi connectivity index (χ4n) is 2.06. The topological polar surface area (TPSA) is 135 Å². The molecule has 0 saturated carbocycles. The standard InChI is InChI=1S/C14H30O2S.Na.3H2O/c1-2-3-4-5-6-7-8-9-10-11-12-13-14-17(15)16;;;;/h2-14H2,1H3,(H,15,16);;3*1H2/q;+1;;;/p-1. The molecule has 1 unspecified atom stereocenters. The molecule has 0 aromatic heterocycles. The Hall–Kier alpha value is 0.990. The van der Waals surface area contributed by atoms with Crippen LogP contribution in [0.25, 0.3) is 0 Å². The van der Waals surface area contributed by atoms with Crippen molar-refractivity contribution in [3.8, 4) is 0 Å². The SMILES string of the molecule is CCCCCCCCCCCCCCS(=O)[O-].O.O.O.[Na+]. The van der Waals surface area contributed by atoms with E-state index in [9.17, 15) is 8.76 Å². The molecule has 0 spiro atoms. The summed E-state index contributed by atoms with van der Waals surface area (Å²) in [7, 11) is 0. The van der Waals surface area contributed by atoms with Crippen molar-refractivity contribution < 1.29 is 54.7 Å². The van der Waals surface area contributed by atoms with Crippen molar-refractivity contribution in [1.82, 2.24) is 0 Å². The molecule has 0 rings (SSSR count). The van der Waals surface area contributed by atoms with Crippen molar-refractivity contribution in [3.63, 3.8) is 0 Å². The molecule has 128 valence electrons. The van der Waals surface area contributed by atoms with Crippen molar-refractivity contribution in [2.45, 2.75) is 84.0 Å². The zero-order chi connectivity index (χ0) is 12.8. The van der Waals surface area contributed by atoms with Gasteiger partial charge in [0.1, 0.15) is 0 Å². The van der Waals surface area contributed by atoms with Crippen LogP contribution >= 0.6 is 0 Å². The van der Waals surface area contributed by atoms with Crippen LogP contribution in [0.4, 0.5) is 0 Å². The van der Waals surface area contributed by atoms with Crippen molar-refractivity contribution >= 4 is 11.1 Å². The van der Waals surface area contributed by atoms with Crippen LogP contribution in [0.1, 0.15) is 84.0 Å². The van der Waals surface area contributed by atoms with Gasteiger partial charge >= 0.3 is 29.6 Å². The summed E-state index contributed by atoms with van der Waals surface area (Å²) in [5, 5.41) is 0. The molecule has 0 aliphatic rings. The quantitative estimate of drug-likeness (QED) is 0.244. The van der Waals surface area contributed by atoms with E-state index in [0.717, 1.165) is 12.8 Å². The molecule has 0 amide bonds. The first-order valence-electron chi connectivity index (χ1n) is 7.33. The molecule has 0 saturated heterocycles. The van der Waals surface area contributed by atoms with Gasteiger partial charge in [-0.25, -0.2) is 0 Å². The van der Waals surface area contributed by atoms with Crippen LogP contribution in [0, 0.1) is 0 Å². The average molecular weight is 338 g/mol. The molecule has 0 aromatic carbocycles. The molecule has 0 aliphatic carbocycles.